The minimum Gasteiger partial charge on any atom is -0.480 e. The highest BCUT2D eigenvalue weighted by Crippen LogP contribution is 2.27. The Bertz CT molecular complexity index is 1880. The molecule has 6 N–H and O–H groups in total. The molecule has 420 valence electrons. The van der Waals surface area contributed by atoms with Crippen LogP contribution in [0.25, 0.3) is 0 Å². The maximum Gasteiger partial charge on any atom is 0.326 e. The van der Waals surface area contributed by atoms with Crippen molar-refractivity contribution in [2.75, 3.05) is 35.2 Å². The molecule has 0 aromatic carbocycles. The standard InChI is InChI=1S/C53H97N9O11/c1-21-31(10)40(56-46(65)37(55-36(15)63)26-27-39(54)64)48(67)58(16)38(28-29(6)7)47(66)57-41(32(11)22-2)49(68)59(17)42(30(8)9)50(69)60(18)43(33(12)23-3)51(70)61(19)44(34(13)24-4)52(71)62(20)45(53(72)73)35(14)25-5/h29-35,37-38,40-45H,21-28H2,1-20H3,(H2,54,64)(H,55,63)(H,56,65)(H,57,66)(H,72,73)/t31-,32-,33-,34-,35?,37+,38-,40-,41-,42-,43-,44-,45-/m0/s1. The Morgan fingerprint density at radius 2 is 0.808 bits per heavy atom. The Labute approximate surface area is 437 Å². The molecule has 0 spiro atoms. The van der Waals surface area contributed by atoms with E-state index in [1.807, 2.05) is 62.3 Å². The summed E-state index contributed by atoms with van der Waals surface area (Å²) < 4.78 is 0. The Morgan fingerprint density at radius 1 is 0.466 bits per heavy atom. The van der Waals surface area contributed by atoms with Gasteiger partial charge in [0.15, 0.2) is 0 Å². The average molecular weight is 1040 g/mol. The van der Waals surface area contributed by atoms with Crippen LogP contribution in [0, 0.1) is 41.4 Å². The fourth-order valence-corrected chi connectivity index (χ4v) is 9.26. The molecule has 20 heteroatoms. The molecule has 0 radical (unpaired) electrons. The first kappa shape index (κ1) is 67.7. The second-order valence-corrected chi connectivity index (χ2v) is 21.4. The number of nitrogens with two attached hydrogens (primary N) is 1. The summed E-state index contributed by atoms with van der Waals surface area (Å²) in [6, 6.07) is -8.99. The first-order valence-corrected chi connectivity index (χ1v) is 26.5. The number of amides is 9. The number of primary amides is 1. The molecular weight excluding hydrogens is 939 g/mol. The summed E-state index contributed by atoms with van der Waals surface area (Å²) in [6.07, 6.45) is 2.23. The number of carboxylic acid groups (broad SMARTS) is 1. The molecule has 1 unspecified atom stereocenters. The normalized spacial score (nSPS) is 16.8. The van der Waals surface area contributed by atoms with Gasteiger partial charge in [0.25, 0.3) is 0 Å². The molecule has 0 rings (SSSR count). The van der Waals surface area contributed by atoms with Crippen molar-refractivity contribution < 1.29 is 53.1 Å². The van der Waals surface area contributed by atoms with Gasteiger partial charge in [-0.2, -0.15) is 0 Å². The van der Waals surface area contributed by atoms with E-state index in [2.05, 4.69) is 16.0 Å². The van der Waals surface area contributed by atoms with Crippen molar-refractivity contribution >= 4 is 59.1 Å². The molecule has 0 aliphatic rings. The zero-order chi connectivity index (χ0) is 57.1. The number of hydrogen-bond donors (Lipinski definition) is 5. The third-order valence-electron chi connectivity index (χ3n) is 15.0. The number of nitrogens with zero attached hydrogens (tertiary/aromatic N) is 5. The molecular formula is C53H97N9O11. The van der Waals surface area contributed by atoms with Crippen LogP contribution in [0.3, 0.4) is 0 Å². The van der Waals surface area contributed by atoms with Crippen molar-refractivity contribution in [3.05, 3.63) is 0 Å². The van der Waals surface area contributed by atoms with Crippen LogP contribution in [0.4, 0.5) is 0 Å². The molecule has 0 saturated carbocycles. The van der Waals surface area contributed by atoms with E-state index in [9.17, 15) is 53.1 Å². The molecule has 0 aliphatic heterocycles. The molecule has 9 amide bonds. The SMILES string of the molecule is CCC(C)[C@@H](C(=O)O)N(C)C(=O)[C@H]([C@@H](C)CC)N(C)C(=O)[C@H]([C@@H](C)CC)N(C)C(=O)[C@H](C(C)C)N(C)C(=O)[C@@H](NC(=O)[C@H](CC(C)C)N(C)C(=O)[C@@H](NC(=O)[C@@H](CCC(N)=O)NC(C)=O)[C@@H](C)CC)[C@@H](C)CC. The van der Waals surface area contributed by atoms with Gasteiger partial charge in [-0.3, -0.25) is 43.2 Å². The summed E-state index contributed by atoms with van der Waals surface area (Å²) in [7, 11) is 7.38. The van der Waals surface area contributed by atoms with Crippen molar-refractivity contribution in [1.82, 2.24) is 40.4 Å². The van der Waals surface area contributed by atoms with Gasteiger partial charge in [-0.25, -0.2) is 4.79 Å². The predicted molar refractivity (Wildman–Crippen MR) is 282 cm³/mol. The second kappa shape index (κ2) is 31.4. The van der Waals surface area contributed by atoms with Crippen LogP contribution in [-0.2, 0) is 47.9 Å². The van der Waals surface area contributed by atoms with Gasteiger partial charge in [-0.1, -0.05) is 129 Å². The maximum atomic E-state index is 15.0. The molecule has 73 heavy (non-hydrogen) atoms. The van der Waals surface area contributed by atoms with Crippen LogP contribution in [0.5, 0.6) is 0 Å². The Kier molecular flexibility index (Phi) is 29.2. The highest BCUT2D eigenvalue weighted by atomic mass is 16.4. The minimum absolute atomic E-state index is 0.0983. The van der Waals surface area contributed by atoms with Crippen LogP contribution in [-0.4, -0.2) is 172 Å². The summed E-state index contributed by atoms with van der Waals surface area (Å²) in [5.74, 6) is -9.14. The highest BCUT2D eigenvalue weighted by Gasteiger charge is 2.46. The number of hydrogen-bond acceptors (Lipinski definition) is 10. The minimum atomic E-state index is -1.17. The lowest BCUT2D eigenvalue weighted by Crippen LogP contribution is -2.63. The number of carbonyl (C=O) groups is 10. The van der Waals surface area contributed by atoms with Crippen molar-refractivity contribution in [1.29, 1.82) is 0 Å². The van der Waals surface area contributed by atoms with Crippen molar-refractivity contribution in [3.63, 3.8) is 0 Å². The van der Waals surface area contributed by atoms with E-state index >= 15 is 0 Å². The zero-order valence-electron chi connectivity index (χ0n) is 48.2. The Hall–Kier alpha value is -5.30. The molecule has 0 aromatic rings. The van der Waals surface area contributed by atoms with Gasteiger partial charge in [0.1, 0.15) is 48.3 Å². The lowest BCUT2D eigenvalue weighted by Gasteiger charge is -2.43. The van der Waals surface area contributed by atoms with Gasteiger partial charge in [-0.05, 0) is 54.3 Å². The van der Waals surface area contributed by atoms with Crippen molar-refractivity contribution in [2.45, 2.75) is 204 Å². The van der Waals surface area contributed by atoms with E-state index in [0.717, 1.165) is 0 Å². The van der Waals surface area contributed by atoms with Gasteiger partial charge in [0.2, 0.25) is 53.2 Å². The first-order chi connectivity index (χ1) is 33.7. The van der Waals surface area contributed by atoms with E-state index in [1.165, 1.54) is 66.7 Å². The fourth-order valence-electron chi connectivity index (χ4n) is 9.26. The van der Waals surface area contributed by atoms with Gasteiger partial charge >= 0.3 is 5.97 Å². The van der Waals surface area contributed by atoms with E-state index in [1.54, 1.807) is 34.6 Å². The number of likely N-dealkylation sites (N-methyl/N-ethyl adjacent to an activating group) is 5. The number of carboxylic acids is 1. The average Bonchev–Trinajstić information content (AvgIpc) is 3.32. The Morgan fingerprint density at radius 3 is 1.15 bits per heavy atom. The van der Waals surface area contributed by atoms with E-state index < -0.39 is 131 Å². The van der Waals surface area contributed by atoms with Crippen molar-refractivity contribution in [3.8, 4) is 0 Å². The van der Waals surface area contributed by atoms with E-state index in [0.29, 0.717) is 32.1 Å². The summed E-state index contributed by atoms with van der Waals surface area (Å²) in [6.45, 7) is 26.8. The Balaban J connectivity index is 7.21. The van der Waals surface area contributed by atoms with Gasteiger partial charge in [0, 0.05) is 48.6 Å². The first-order valence-electron chi connectivity index (χ1n) is 26.5. The van der Waals surface area contributed by atoms with Crippen LogP contribution < -0.4 is 21.7 Å². The summed E-state index contributed by atoms with van der Waals surface area (Å²) in [5.41, 5.74) is 5.32. The largest absolute Gasteiger partial charge is 0.480 e. The van der Waals surface area contributed by atoms with E-state index in [4.69, 9.17) is 5.73 Å². The number of nitrogens with one attached hydrogen (secondary N) is 3. The van der Waals surface area contributed by atoms with Gasteiger partial charge in [0.05, 0.1) is 0 Å². The molecule has 0 bridgehead atoms. The second-order valence-electron chi connectivity index (χ2n) is 21.4. The molecule has 0 fully saturated rings. The molecule has 0 aromatic heterocycles. The van der Waals surface area contributed by atoms with Crippen LogP contribution >= 0.6 is 0 Å². The van der Waals surface area contributed by atoms with E-state index in [-0.39, 0.29) is 37.0 Å². The smallest absolute Gasteiger partial charge is 0.326 e. The van der Waals surface area contributed by atoms with Crippen LogP contribution in [0.15, 0.2) is 0 Å². The maximum absolute atomic E-state index is 15.0. The highest BCUT2D eigenvalue weighted by molar-refractivity contribution is 5.98. The lowest BCUT2D eigenvalue weighted by molar-refractivity contribution is -0.160. The van der Waals surface area contributed by atoms with Crippen molar-refractivity contribution in [2.24, 2.45) is 47.2 Å². The predicted octanol–water partition coefficient (Wildman–Crippen LogP) is 3.88. The van der Waals surface area contributed by atoms with Gasteiger partial charge in [-0.15, -0.1) is 0 Å². The molecule has 0 saturated heterocycles. The zero-order valence-corrected chi connectivity index (χ0v) is 48.2. The lowest BCUT2D eigenvalue weighted by atomic mass is 9.90. The number of carbonyl (C=O) groups excluding carboxylic acids is 9. The number of aliphatic carboxylic acids is 1. The molecule has 0 heterocycles. The summed E-state index contributed by atoms with van der Waals surface area (Å²) >= 11 is 0. The monoisotopic (exact) mass is 1040 g/mol. The number of rotatable bonds is 32. The van der Waals surface area contributed by atoms with Crippen LogP contribution in [0.1, 0.15) is 155 Å². The molecule has 20 nitrogen and oxygen atoms in total. The summed E-state index contributed by atoms with van der Waals surface area (Å²) in [5, 5.41) is 18.4. The third kappa shape index (κ3) is 18.9. The quantitative estimate of drug-likeness (QED) is 0.0646. The molecule has 0 aliphatic carbocycles. The summed E-state index contributed by atoms with van der Waals surface area (Å²) in [4.78, 5) is 144. The fraction of sp³-hybridized carbons (Fsp3) is 0.811. The van der Waals surface area contributed by atoms with Gasteiger partial charge < -0.3 is 51.3 Å². The van der Waals surface area contributed by atoms with Crippen LogP contribution in [0.2, 0.25) is 0 Å². The third-order valence-corrected chi connectivity index (χ3v) is 15.0. The topological polar surface area (TPSA) is 269 Å². The molecule has 13 atom stereocenters.